The van der Waals surface area contributed by atoms with E-state index in [1.807, 2.05) is 18.2 Å². The first-order chi connectivity index (χ1) is 16.2. The van der Waals surface area contributed by atoms with Crippen LogP contribution in [0.3, 0.4) is 0 Å². The standard InChI is InChI=1S/C26H29N3O4/c1-4-12-33-28-26-19-16-23(31-3)22(30-2)15-18(19)25-24(26)20-14-17(7-8-21(20)27-25)32-13-11-29-9-5-6-10-29/h4,7-8,14-16,27H,1,5-6,9-13H2,2-3H3/b28-26-. The van der Waals surface area contributed by atoms with Crippen LogP contribution in [-0.2, 0) is 4.84 Å². The molecule has 1 saturated heterocycles. The second kappa shape index (κ2) is 9.19. The number of hydrogen-bond donors (Lipinski definition) is 1. The van der Waals surface area contributed by atoms with Crippen molar-refractivity contribution in [1.82, 2.24) is 9.88 Å². The SMILES string of the molecule is C=CCO/N=C1/c2cc(OC)c(OC)cc2-c2[nH]c3ccc(OCCN4CCCC4)cc3c21. The third-order valence-corrected chi connectivity index (χ3v) is 6.28. The number of benzene rings is 2. The molecule has 5 rings (SSSR count). The van der Waals surface area contributed by atoms with Crippen molar-refractivity contribution in [3.63, 3.8) is 0 Å². The van der Waals surface area contributed by atoms with Gasteiger partial charge in [-0.2, -0.15) is 0 Å². The number of nitrogens with zero attached hydrogens (tertiary/aromatic N) is 2. The Morgan fingerprint density at radius 3 is 2.55 bits per heavy atom. The first-order valence-corrected chi connectivity index (χ1v) is 11.3. The molecular weight excluding hydrogens is 418 g/mol. The fourth-order valence-electron chi connectivity index (χ4n) is 4.67. The van der Waals surface area contributed by atoms with E-state index in [-0.39, 0.29) is 0 Å². The van der Waals surface area contributed by atoms with Crippen LogP contribution in [0.2, 0.25) is 0 Å². The molecule has 7 heteroatoms. The molecule has 1 aliphatic heterocycles. The molecule has 1 fully saturated rings. The maximum atomic E-state index is 6.11. The van der Waals surface area contributed by atoms with Gasteiger partial charge in [-0.1, -0.05) is 17.8 Å². The highest BCUT2D eigenvalue weighted by molar-refractivity contribution is 6.30. The number of H-pyrrole nitrogens is 1. The molecule has 0 atom stereocenters. The molecule has 33 heavy (non-hydrogen) atoms. The Labute approximate surface area is 193 Å². The number of fused-ring (bicyclic) bond motifs is 5. The van der Waals surface area contributed by atoms with Crippen LogP contribution in [0.4, 0.5) is 0 Å². The number of oxime groups is 1. The summed E-state index contributed by atoms with van der Waals surface area (Å²) in [6, 6.07) is 10.1. The molecule has 0 saturated carbocycles. The van der Waals surface area contributed by atoms with Crippen LogP contribution in [-0.4, -0.2) is 62.7 Å². The zero-order chi connectivity index (χ0) is 22.8. The summed E-state index contributed by atoms with van der Waals surface area (Å²) in [5.41, 5.74) is 5.67. The molecule has 0 unspecified atom stereocenters. The molecule has 0 radical (unpaired) electrons. The molecule has 1 aromatic heterocycles. The molecule has 1 N–H and O–H groups in total. The summed E-state index contributed by atoms with van der Waals surface area (Å²) < 4.78 is 17.2. The fraction of sp³-hybridized carbons (Fsp3) is 0.346. The number of nitrogens with one attached hydrogen (secondary N) is 1. The van der Waals surface area contributed by atoms with Crippen molar-refractivity contribution in [2.45, 2.75) is 12.8 Å². The summed E-state index contributed by atoms with van der Waals surface area (Å²) in [6.07, 6.45) is 4.25. The van der Waals surface area contributed by atoms with Crippen LogP contribution in [0.15, 0.2) is 48.1 Å². The first-order valence-electron chi connectivity index (χ1n) is 11.3. The van der Waals surface area contributed by atoms with E-state index in [1.165, 1.54) is 25.9 Å². The molecule has 2 aromatic carbocycles. The van der Waals surface area contributed by atoms with Gasteiger partial charge in [0.1, 0.15) is 24.7 Å². The van der Waals surface area contributed by atoms with Gasteiger partial charge in [0.05, 0.1) is 19.9 Å². The van der Waals surface area contributed by atoms with Gasteiger partial charge in [0.15, 0.2) is 11.5 Å². The Morgan fingerprint density at radius 2 is 1.82 bits per heavy atom. The third-order valence-electron chi connectivity index (χ3n) is 6.28. The van der Waals surface area contributed by atoms with Crippen LogP contribution in [0.5, 0.6) is 17.2 Å². The third kappa shape index (κ3) is 3.93. The Morgan fingerprint density at radius 1 is 1.06 bits per heavy atom. The van der Waals surface area contributed by atoms with Gasteiger partial charge in [-0.25, -0.2) is 0 Å². The molecule has 0 bridgehead atoms. The first kappa shape index (κ1) is 21.4. The van der Waals surface area contributed by atoms with E-state index >= 15 is 0 Å². The number of rotatable bonds is 9. The maximum absolute atomic E-state index is 6.11. The van der Waals surface area contributed by atoms with E-state index < -0.39 is 0 Å². The summed E-state index contributed by atoms with van der Waals surface area (Å²) in [7, 11) is 3.27. The number of methoxy groups -OCH3 is 2. The predicted octanol–water partition coefficient (Wildman–Crippen LogP) is 4.60. The number of aromatic amines is 1. The van der Waals surface area contributed by atoms with Crippen LogP contribution < -0.4 is 14.2 Å². The van der Waals surface area contributed by atoms with Crippen molar-refractivity contribution >= 4 is 16.6 Å². The van der Waals surface area contributed by atoms with Crippen molar-refractivity contribution in [3.8, 4) is 28.5 Å². The van der Waals surface area contributed by atoms with Gasteiger partial charge in [-0.3, -0.25) is 4.90 Å². The van der Waals surface area contributed by atoms with E-state index in [9.17, 15) is 0 Å². The van der Waals surface area contributed by atoms with Gasteiger partial charge < -0.3 is 24.0 Å². The van der Waals surface area contributed by atoms with E-state index in [4.69, 9.17) is 19.0 Å². The molecular formula is C26H29N3O4. The average molecular weight is 448 g/mol. The highest BCUT2D eigenvalue weighted by Gasteiger charge is 2.32. The zero-order valence-corrected chi connectivity index (χ0v) is 19.1. The van der Waals surface area contributed by atoms with Crippen molar-refractivity contribution in [3.05, 3.63) is 54.1 Å². The highest BCUT2D eigenvalue weighted by Crippen LogP contribution is 2.45. The Bertz CT molecular complexity index is 1210. The van der Waals surface area contributed by atoms with Crippen LogP contribution >= 0.6 is 0 Å². The van der Waals surface area contributed by atoms with E-state index in [0.717, 1.165) is 51.3 Å². The molecule has 172 valence electrons. The van der Waals surface area contributed by atoms with Crippen molar-refractivity contribution < 1.29 is 19.0 Å². The Balaban J connectivity index is 1.53. The summed E-state index contributed by atoms with van der Waals surface area (Å²) in [5, 5.41) is 5.52. The topological polar surface area (TPSA) is 68.3 Å². The van der Waals surface area contributed by atoms with Crippen LogP contribution in [0.25, 0.3) is 22.2 Å². The quantitative estimate of drug-likeness (QED) is 0.231. The minimum atomic E-state index is 0.328. The number of hydrogen-bond acceptors (Lipinski definition) is 6. The van der Waals surface area contributed by atoms with Crippen molar-refractivity contribution in [2.24, 2.45) is 5.16 Å². The fourth-order valence-corrected chi connectivity index (χ4v) is 4.67. The van der Waals surface area contributed by atoms with Gasteiger partial charge in [0, 0.05) is 34.1 Å². The summed E-state index contributed by atoms with van der Waals surface area (Å²) in [5.74, 6) is 2.16. The van der Waals surface area contributed by atoms with E-state index in [2.05, 4.69) is 33.8 Å². The highest BCUT2D eigenvalue weighted by atomic mass is 16.6. The average Bonchev–Trinajstić information content (AvgIpc) is 3.55. The molecule has 2 heterocycles. The zero-order valence-electron chi connectivity index (χ0n) is 19.1. The van der Waals surface area contributed by atoms with Crippen molar-refractivity contribution in [1.29, 1.82) is 0 Å². The van der Waals surface area contributed by atoms with E-state index in [1.54, 1.807) is 20.3 Å². The number of ether oxygens (including phenoxy) is 3. The molecule has 3 aromatic rings. The van der Waals surface area contributed by atoms with Gasteiger partial charge >= 0.3 is 0 Å². The van der Waals surface area contributed by atoms with Gasteiger partial charge in [-0.15, -0.1) is 0 Å². The minimum Gasteiger partial charge on any atom is -0.493 e. The largest absolute Gasteiger partial charge is 0.493 e. The van der Waals surface area contributed by atoms with E-state index in [0.29, 0.717) is 24.7 Å². The molecule has 7 nitrogen and oxygen atoms in total. The van der Waals surface area contributed by atoms with Gasteiger partial charge in [0.2, 0.25) is 0 Å². The lowest BCUT2D eigenvalue weighted by molar-refractivity contribution is 0.175. The molecule has 2 aliphatic rings. The number of likely N-dealkylation sites (tertiary alicyclic amines) is 1. The summed E-state index contributed by atoms with van der Waals surface area (Å²) in [6.45, 7) is 8.01. The Hall–Kier alpha value is -3.45. The smallest absolute Gasteiger partial charge is 0.161 e. The Kier molecular flexibility index (Phi) is 5.96. The van der Waals surface area contributed by atoms with Crippen LogP contribution in [0, 0.1) is 0 Å². The summed E-state index contributed by atoms with van der Waals surface area (Å²) in [4.78, 5) is 11.5. The normalized spacial score (nSPS) is 16.1. The molecule has 1 aliphatic carbocycles. The predicted molar refractivity (Wildman–Crippen MR) is 130 cm³/mol. The lowest BCUT2D eigenvalue weighted by atomic mass is 10.1. The monoisotopic (exact) mass is 447 g/mol. The second-order valence-corrected chi connectivity index (χ2v) is 8.26. The lowest BCUT2D eigenvalue weighted by Crippen LogP contribution is -2.25. The number of aromatic nitrogens is 1. The molecule has 0 amide bonds. The van der Waals surface area contributed by atoms with Crippen molar-refractivity contribution in [2.75, 3.05) is 47.1 Å². The summed E-state index contributed by atoms with van der Waals surface area (Å²) >= 11 is 0. The lowest BCUT2D eigenvalue weighted by Gasteiger charge is -2.15. The minimum absolute atomic E-state index is 0.328. The second-order valence-electron chi connectivity index (χ2n) is 8.26. The maximum Gasteiger partial charge on any atom is 0.161 e. The van der Waals surface area contributed by atoms with Gasteiger partial charge in [-0.05, 0) is 56.3 Å². The van der Waals surface area contributed by atoms with Crippen LogP contribution in [0.1, 0.15) is 24.0 Å². The molecule has 0 spiro atoms. The van der Waals surface area contributed by atoms with Gasteiger partial charge in [0.25, 0.3) is 0 Å².